The molecule has 5 heteroatoms. The Balaban J connectivity index is 2.27. The van der Waals surface area contributed by atoms with E-state index in [1.165, 1.54) is 0 Å². The molecule has 0 unspecified atom stereocenters. The van der Waals surface area contributed by atoms with Gasteiger partial charge in [0.1, 0.15) is 5.60 Å². The number of rotatable bonds is 3. The lowest BCUT2D eigenvalue weighted by Crippen LogP contribution is -2.49. The van der Waals surface area contributed by atoms with Crippen LogP contribution in [0.2, 0.25) is 15.1 Å². The zero-order valence-electron chi connectivity index (χ0n) is 17.5. The smallest absolute Gasteiger partial charge is 0.194 e. The molecule has 2 aromatic rings. The van der Waals surface area contributed by atoms with Crippen molar-refractivity contribution in [1.29, 1.82) is 0 Å². The predicted molar refractivity (Wildman–Crippen MR) is 123 cm³/mol. The Morgan fingerprint density at radius 1 is 0.897 bits per heavy atom. The summed E-state index contributed by atoms with van der Waals surface area (Å²) in [5, 5.41) is 1.13. The second-order valence-corrected chi connectivity index (χ2v) is 9.62. The minimum atomic E-state index is -0.897. The van der Waals surface area contributed by atoms with Crippen LogP contribution >= 0.6 is 34.8 Å². The van der Waals surface area contributed by atoms with E-state index < -0.39 is 11.2 Å². The number of halogens is 3. The van der Waals surface area contributed by atoms with Crippen molar-refractivity contribution in [3.05, 3.63) is 62.1 Å². The van der Waals surface area contributed by atoms with Crippen LogP contribution in [-0.2, 0) is 16.0 Å². The molecule has 1 heterocycles. The number of hydrogen-bond donors (Lipinski definition) is 0. The van der Waals surface area contributed by atoms with E-state index in [1.807, 2.05) is 46.8 Å². The summed E-state index contributed by atoms with van der Waals surface area (Å²) in [6.07, 6.45) is 0.809. The maximum atomic E-state index is 13.4. The summed E-state index contributed by atoms with van der Waals surface area (Å²) in [7, 11) is 0. The van der Waals surface area contributed by atoms with Crippen molar-refractivity contribution in [2.24, 2.45) is 0 Å². The monoisotopic (exact) mass is 450 g/mol. The van der Waals surface area contributed by atoms with E-state index in [1.54, 1.807) is 12.1 Å². The normalized spacial score (nSPS) is 18.3. The molecule has 0 aromatic heterocycles. The number of ketones is 1. The van der Waals surface area contributed by atoms with E-state index in [9.17, 15) is 4.79 Å². The van der Waals surface area contributed by atoms with Gasteiger partial charge in [-0.1, -0.05) is 53.9 Å². The summed E-state index contributed by atoms with van der Waals surface area (Å²) in [6, 6.07) is 9.71. The van der Waals surface area contributed by atoms with Crippen LogP contribution in [0.1, 0.15) is 52.7 Å². The van der Waals surface area contributed by atoms with Crippen LogP contribution in [-0.4, -0.2) is 17.0 Å². The van der Waals surface area contributed by atoms with Crippen molar-refractivity contribution in [2.45, 2.75) is 59.2 Å². The van der Waals surface area contributed by atoms with Gasteiger partial charge in [0.25, 0.3) is 0 Å². The molecule has 1 aliphatic heterocycles. The van der Waals surface area contributed by atoms with E-state index in [2.05, 4.69) is 13.0 Å². The molecule has 0 amide bonds. The molecule has 0 saturated heterocycles. The van der Waals surface area contributed by atoms with Crippen molar-refractivity contribution in [3.8, 4) is 11.1 Å². The highest BCUT2D eigenvalue weighted by Gasteiger charge is 2.45. The van der Waals surface area contributed by atoms with E-state index in [0.29, 0.717) is 15.1 Å². The molecule has 2 aromatic carbocycles. The zero-order chi connectivity index (χ0) is 21.7. The summed E-state index contributed by atoms with van der Waals surface area (Å²) in [4.78, 5) is 13.4. The molecule has 0 bridgehead atoms. The maximum absolute atomic E-state index is 13.4. The number of carbonyl (C=O) groups is 1. The van der Waals surface area contributed by atoms with Crippen LogP contribution in [0.5, 0.6) is 0 Å². The quantitative estimate of drug-likeness (QED) is 0.445. The zero-order valence-corrected chi connectivity index (χ0v) is 19.8. The Bertz CT molecular complexity index is 1010. The van der Waals surface area contributed by atoms with E-state index in [4.69, 9.17) is 39.5 Å². The summed E-state index contributed by atoms with van der Waals surface area (Å²) in [6.45, 7) is 11.7. The molecule has 0 spiro atoms. The van der Waals surface area contributed by atoms with Crippen molar-refractivity contribution in [3.63, 3.8) is 0 Å². The van der Waals surface area contributed by atoms with Gasteiger partial charge in [0.05, 0.1) is 20.7 Å². The van der Waals surface area contributed by atoms with E-state index >= 15 is 0 Å². The lowest BCUT2D eigenvalue weighted by molar-refractivity contribution is -0.152. The first kappa shape index (κ1) is 22.4. The third-order valence-electron chi connectivity index (χ3n) is 5.64. The fourth-order valence-electron chi connectivity index (χ4n) is 3.88. The molecule has 3 rings (SSSR count). The van der Waals surface area contributed by atoms with Crippen LogP contribution in [0.25, 0.3) is 16.7 Å². The molecule has 0 radical (unpaired) electrons. The highest BCUT2D eigenvalue weighted by molar-refractivity contribution is 6.48. The van der Waals surface area contributed by atoms with E-state index in [-0.39, 0.29) is 5.78 Å². The van der Waals surface area contributed by atoms with E-state index in [0.717, 1.165) is 39.8 Å². The van der Waals surface area contributed by atoms with Gasteiger partial charge in [-0.15, -0.1) is 0 Å². The van der Waals surface area contributed by atoms with Crippen molar-refractivity contribution >= 4 is 46.2 Å². The fraction of sp³-hybridized carbons (Fsp3) is 0.375. The number of hydrogen-bond acceptors (Lipinski definition) is 2. The predicted octanol–water partition coefficient (Wildman–Crippen LogP) is 7.81. The van der Waals surface area contributed by atoms with Gasteiger partial charge in [-0.25, -0.2) is 0 Å². The Labute approximate surface area is 187 Å². The summed E-state index contributed by atoms with van der Waals surface area (Å²) < 4.78 is 6.11. The lowest BCUT2D eigenvalue weighted by atomic mass is 9.77. The molecule has 0 aliphatic carbocycles. The van der Waals surface area contributed by atoms with Crippen molar-refractivity contribution in [2.75, 3.05) is 0 Å². The SMILES string of the molecule is CCc1ccc(-c2cc(Cl)c(Cl)c(Cl)c2)cc1C1=C(C)C(C)(C)OC(C)(C)C1=O. The van der Waals surface area contributed by atoms with Gasteiger partial charge in [-0.3, -0.25) is 4.79 Å². The minimum absolute atomic E-state index is 0.00616. The lowest BCUT2D eigenvalue weighted by Gasteiger charge is -2.42. The number of carbonyl (C=O) groups excluding carboxylic acids is 1. The first-order chi connectivity index (χ1) is 13.4. The molecule has 29 heavy (non-hydrogen) atoms. The molecule has 2 nitrogen and oxygen atoms in total. The molecule has 0 N–H and O–H groups in total. The summed E-state index contributed by atoms with van der Waals surface area (Å²) in [5.74, 6) is -0.00616. The largest absolute Gasteiger partial charge is 0.357 e. The van der Waals surface area contributed by atoms with Crippen LogP contribution in [0, 0.1) is 0 Å². The molecular formula is C24H25Cl3O2. The Morgan fingerprint density at radius 3 is 2.03 bits per heavy atom. The topological polar surface area (TPSA) is 26.3 Å². The molecule has 0 atom stereocenters. The molecular weight excluding hydrogens is 427 g/mol. The van der Waals surface area contributed by atoms with Crippen LogP contribution < -0.4 is 0 Å². The minimum Gasteiger partial charge on any atom is -0.357 e. The van der Waals surface area contributed by atoms with Gasteiger partial charge in [0.2, 0.25) is 0 Å². The molecule has 154 valence electrons. The first-order valence-corrected chi connectivity index (χ1v) is 10.8. The van der Waals surface area contributed by atoms with Crippen LogP contribution in [0.15, 0.2) is 35.9 Å². The molecule has 0 fully saturated rings. The van der Waals surface area contributed by atoms with Crippen molar-refractivity contribution < 1.29 is 9.53 Å². The van der Waals surface area contributed by atoms with Crippen LogP contribution in [0.3, 0.4) is 0 Å². The number of benzene rings is 2. The molecule has 0 saturated carbocycles. The highest BCUT2D eigenvalue weighted by atomic mass is 35.5. The first-order valence-electron chi connectivity index (χ1n) is 9.63. The number of Topliss-reactive ketones (excluding diaryl/α,β-unsaturated/α-hetero) is 1. The summed E-state index contributed by atoms with van der Waals surface area (Å²) in [5.41, 5.74) is 4.04. The second kappa shape index (κ2) is 7.74. The Kier molecular flexibility index (Phi) is 5.97. The van der Waals surface area contributed by atoms with Crippen LogP contribution in [0.4, 0.5) is 0 Å². The van der Waals surface area contributed by atoms with Crippen molar-refractivity contribution in [1.82, 2.24) is 0 Å². The fourth-order valence-corrected chi connectivity index (χ4v) is 4.47. The standard InChI is InChI=1S/C24H25Cl3O2/c1-7-14-8-9-15(16-11-18(25)21(27)19(26)12-16)10-17(14)20-13(2)23(3,4)29-24(5,6)22(20)28/h8-12H,7H2,1-6H3. The second-order valence-electron chi connectivity index (χ2n) is 8.43. The third kappa shape index (κ3) is 4.01. The Morgan fingerprint density at radius 2 is 1.48 bits per heavy atom. The van der Waals surface area contributed by atoms with Gasteiger partial charge in [0, 0.05) is 5.57 Å². The average molecular weight is 452 g/mol. The van der Waals surface area contributed by atoms with Gasteiger partial charge >= 0.3 is 0 Å². The molecule has 1 aliphatic rings. The third-order valence-corrected chi connectivity index (χ3v) is 6.84. The highest BCUT2D eigenvalue weighted by Crippen LogP contribution is 2.43. The van der Waals surface area contributed by atoms with Gasteiger partial charge in [-0.05, 0) is 87.1 Å². The summed E-state index contributed by atoms with van der Waals surface area (Å²) >= 11 is 18.6. The Hall–Kier alpha value is -1.32. The van der Waals surface area contributed by atoms with Gasteiger partial charge < -0.3 is 4.74 Å². The van der Waals surface area contributed by atoms with Gasteiger partial charge in [0.15, 0.2) is 5.78 Å². The maximum Gasteiger partial charge on any atom is 0.194 e. The number of ether oxygens (including phenoxy) is 1. The van der Waals surface area contributed by atoms with Gasteiger partial charge in [-0.2, -0.15) is 0 Å². The number of aryl methyl sites for hydroxylation is 1. The average Bonchev–Trinajstić information content (AvgIpc) is 2.63.